The number of carbonyl (C=O) groups is 2. The third-order valence-electron chi connectivity index (χ3n) is 7.35. The van der Waals surface area contributed by atoms with Crippen LogP contribution in [0.3, 0.4) is 0 Å². The van der Waals surface area contributed by atoms with Crippen LogP contribution in [-0.4, -0.2) is 51.9 Å². The highest BCUT2D eigenvalue weighted by Gasteiger charge is 2.25. The fraction of sp³-hybridized carbons (Fsp3) is 0.455. The highest BCUT2D eigenvalue weighted by atomic mass is 16.5. The molecule has 6 nitrogen and oxygen atoms in total. The van der Waals surface area contributed by atoms with Crippen LogP contribution >= 0.6 is 0 Å². The van der Waals surface area contributed by atoms with Gasteiger partial charge in [-0.1, -0.05) is 81.3 Å². The summed E-state index contributed by atoms with van der Waals surface area (Å²) in [5, 5.41) is 0. The van der Waals surface area contributed by atoms with E-state index >= 15 is 0 Å². The third-order valence-corrected chi connectivity index (χ3v) is 7.35. The van der Waals surface area contributed by atoms with E-state index in [2.05, 4.69) is 68.8 Å². The maximum Gasteiger partial charge on any atom is 0.249 e. The SMILES string of the molecule is CCCCCN(CC(=O)N(Cc1cccn1Cc1ccccc1C)C(C)CC)C(=O)COCc1ccccc1. The Kier molecular flexibility index (Phi) is 12.3. The Morgan fingerprint density at radius 2 is 1.67 bits per heavy atom. The molecule has 3 aromatic rings. The van der Waals surface area contributed by atoms with Crippen molar-refractivity contribution < 1.29 is 14.3 Å². The minimum Gasteiger partial charge on any atom is -0.367 e. The van der Waals surface area contributed by atoms with Crippen molar-refractivity contribution in [3.05, 3.63) is 95.3 Å². The van der Waals surface area contributed by atoms with Crippen LogP contribution in [0.1, 0.15) is 68.8 Å². The van der Waals surface area contributed by atoms with Crippen LogP contribution in [0.15, 0.2) is 72.9 Å². The van der Waals surface area contributed by atoms with Gasteiger partial charge < -0.3 is 19.1 Å². The molecule has 1 atom stereocenters. The molecule has 0 aliphatic rings. The van der Waals surface area contributed by atoms with Crippen molar-refractivity contribution in [1.29, 1.82) is 0 Å². The Balaban J connectivity index is 1.68. The molecule has 1 unspecified atom stereocenters. The second-order valence-electron chi connectivity index (χ2n) is 10.3. The van der Waals surface area contributed by atoms with Gasteiger partial charge in [-0.2, -0.15) is 0 Å². The zero-order chi connectivity index (χ0) is 28.0. The highest BCUT2D eigenvalue weighted by Crippen LogP contribution is 2.17. The maximum atomic E-state index is 13.7. The second-order valence-corrected chi connectivity index (χ2v) is 10.3. The Bertz CT molecular complexity index is 1160. The number of amides is 2. The number of nitrogens with zero attached hydrogens (tertiary/aromatic N) is 3. The van der Waals surface area contributed by atoms with Crippen LogP contribution in [-0.2, 0) is 34.0 Å². The molecule has 0 saturated carbocycles. The first-order chi connectivity index (χ1) is 18.9. The van der Waals surface area contributed by atoms with E-state index in [1.165, 1.54) is 11.1 Å². The monoisotopic (exact) mass is 531 g/mol. The first-order valence-electron chi connectivity index (χ1n) is 14.3. The molecule has 0 aliphatic carbocycles. The summed E-state index contributed by atoms with van der Waals surface area (Å²) in [6.07, 6.45) is 5.86. The highest BCUT2D eigenvalue weighted by molar-refractivity contribution is 5.85. The molecule has 0 saturated heterocycles. The molecule has 2 aromatic carbocycles. The molecule has 39 heavy (non-hydrogen) atoms. The van der Waals surface area contributed by atoms with Gasteiger partial charge in [0.25, 0.3) is 0 Å². The molecular formula is C33H45N3O3. The number of aromatic nitrogens is 1. The van der Waals surface area contributed by atoms with Crippen molar-refractivity contribution in [3.63, 3.8) is 0 Å². The summed E-state index contributed by atoms with van der Waals surface area (Å²) < 4.78 is 7.94. The predicted molar refractivity (Wildman–Crippen MR) is 157 cm³/mol. The molecule has 0 spiro atoms. The summed E-state index contributed by atoms with van der Waals surface area (Å²) in [6, 6.07) is 22.4. The van der Waals surface area contributed by atoms with Gasteiger partial charge in [-0.3, -0.25) is 9.59 Å². The summed E-state index contributed by atoms with van der Waals surface area (Å²) in [7, 11) is 0. The number of rotatable bonds is 16. The van der Waals surface area contributed by atoms with Gasteiger partial charge in [0.1, 0.15) is 6.61 Å². The molecule has 6 heteroatoms. The van der Waals surface area contributed by atoms with Crippen LogP contribution in [0, 0.1) is 6.92 Å². The van der Waals surface area contributed by atoms with Gasteiger partial charge >= 0.3 is 0 Å². The number of aryl methyl sites for hydroxylation is 1. The smallest absolute Gasteiger partial charge is 0.249 e. The van der Waals surface area contributed by atoms with Gasteiger partial charge in [0.05, 0.1) is 19.7 Å². The minimum absolute atomic E-state index is 0.0269. The molecule has 2 amide bonds. The molecule has 3 rings (SSSR count). The van der Waals surface area contributed by atoms with Gasteiger partial charge in [-0.15, -0.1) is 0 Å². The van der Waals surface area contributed by atoms with E-state index in [1.807, 2.05) is 41.3 Å². The molecule has 0 N–H and O–H groups in total. The lowest BCUT2D eigenvalue weighted by Crippen LogP contribution is -2.47. The largest absolute Gasteiger partial charge is 0.367 e. The van der Waals surface area contributed by atoms with Gasteiger partial charge in [-0.25, -0.2) is 0 Å². The van der Waals surface area contributed by atoms with E-state index in [-0.39, 0.29) is 31.0 Å². The number of unbranched alkanes of at least 4 members (excludes halogenated alkanes) is 2. The van der Waals surface area contributed by atoms with Crippen molar-refractivity contribution in [2.45, 2.75) is 79.1 Å². The van der Waals surface area contributed by atoms with Crippen molar-refractivity contribution in [3.8, 4) is 0 Å². The fourth-order valence-electron chi connectivity index (χ4n) is 4.62. The number of hydrogen-bond donors (Lipinski definition) is 0. The van der Waals surface area contributed by atoms with Crippen molar-refractivity contribution in [2.75, 3.05) is 19.7 Å². The number of benzene rings is 2. The lowest BCUT2D eigenvalue weighted by atomic mass is 10.1. The maximum absolute atomic E-state index is 13.7. The molecule has 1 heterocycles. The average molecular weight is 532 g/mol. The topological polar surface area (TPSA) is 54.8 Å². The van der Waals surface area contributed by atoms with Crippen LogP contribution in [0.5, 0.6) is 0 Å². The number of hydrogen-bond acceptors (Lipinski definition) is 3. The van der Waals surface area contributed by atoms with Crippen molar-refractivity contribution >= 4 is 11.8 Å². The summed E-state index contributed by atoms with van der Waals surface area (Å²) in [4.78, 5) is 30.5. The van der Waals surface area contributed by atoms with Gasteiger partial charge in [0.2, 0.25) is 11.8 Å². The minimum atomic E-state index is -0.137. The predicted octanol–water partition coefficient (Wildman–Crippen LogP) is 6.21. The van der Waals surface area contributed by atoms with E-state index < -0.39 is 0 Å². The standard InChI is InChI=1S/C33H45N3O3/c1-5-7-13-20-35(33(38)26-39-25-29-16-9-8-10-17-29)24-32(37)36(28(4)6-2)23-31-19-14-21-34(31)22-30-18-12-11-15-27(30)3/h8-12,14-19,21,28H,5-7,13,20,22-26H2,1-4H3. The average Bonchev–Trinajstić information content (AvgIpc) is 3.39. The van der Waals surface area contributed by atoms with E-state index in [0.717, 1.165) is 43.5 Å². The number of ether oxygens (including phenoxy) is 1. The van der Waals surface area contributed by atoms with Crippen LogP contribution in [0.25, 0.3) is 0 Å². The third kappa shape index (κ3) is 9.39. The van der Waals surface area contributed by atoms with Crippen molar-refractivity contribution in [1.82, 2.24) is 14.4 Å². The molecule has 210 valence electrons. The van der Waals surface area contributed by atoms with E-state index in [1.54, 1.807) is 4.90 Å². The van der Waals surface area contributed by atoms with Crippen LogP contribution in [0.4, 0.5) is 0 Å². The van der Waals surface area contributed by atoms with Crippen LogP contribution < -0.4 is 0 Å². The van der Waals surface area contributed by atoms with Crippen molar-refractivity contribution in [2.24, 2.45) is 0 Å². The molecule has 0 bridgehead atoms. The first kappa shape index (κ1) is 30.2. The first-order valence-corrected chi connectivity index (χ1v) is 14.3. The quantitative estimate of drug-likeness (QED) is 0.207. The molecule has 0 radical (unpaired) electrons. The van der Waals surface area contributed by atoms with E-state index in [4.69, 9.17) is 4.74 Å². The normalized spacial score (nSPS) is 11.8. The summed E-state index contributed by atoms with van der Waals surface area (Å²) in [5.41, 5.74) is 4.62. The van der Waals surface area contributed by atoms with Crippen LogP contribution in [0.2, 0.25) is 0 Å². The summed E-state index contributed by atoms with van der Waals surface area (Å²) in [5.74, 6) is -0.164. The lowest BCUT2D eigenvalue weighted by Gasteiger charge is -2.32. The zero-order valence-corrected chi connectivity index (χ0v) is 24.1. The molecule has 1 aromatic heterocycles. The lowest BCUT2D eigenvalue weighted by molar-refractivity contribution is -0.145. The Hall–Kier alpha value is -3.38. The Morgan fingerprint density at radius 1 is 0.923 bits per heavy atom. The van der Waals surface area contributed by atoms with E-state index in [0.29, 0.717) is 19.7 Å². The Morgan fingerprint density at radius 3 is 2.38 bits per heavy atom. The van der Waals surface area contributed by atoms with E-state index in [9.17, 15) is 9.59 Å². The molecular weight excluding hydrogens is 486 g/mol. The molecule has 0 aliphatic heterocycles. The van der Waals surface area contributed by atoms with Gasteiger partial charge in [0, 0.05) is 31.0 Å². The Labute approximate surface area is 234 Å². The number of carbonyl (C=O) groups excluding carboxylic acids is 2. The zero-order valence-electron chi connectivity index (χ0n) is 24.1. The molecule has 0 fully saturated rings. The summed E-state index contributed by atoms with van der Waals surface area (Å²) >= 11 is 0. The summed E-state index contributed by atoms with van der Waals surface area (Å²) in [6.45, 7) is 10.7. The second kappa shape index (κ2) is 15.9. The fourth-order valence-corrected chi connectivity index (χ4v) is 4.62. The van der Waals surface area contributed by atoms with Gasteiger partial charge in [0.15, 0.2) is 0 Å². The van der Waals surface area contributed by atoms with Gasteiger partial charge in [-0.05, 0) is 55.5 Å².